The third-order valence-electron chi connectivity index (χ3n) is 3.24. The molecule has 0 bridgehead atoms. The van der Waals surface area contributed by atoms with E-state index in [0.717, 1.165) is 15.6 Å². The fourth-order valence-corrected chi connectivity index (χ4v) is 3.22. The van der Waals surface area contributed by atoms with E-state index in [0.29, 0.717) is 10.7 Å². The van der Waals surface area contributed by atoms with Gasteiger partial charge in [-0.25, -0.2) is 9.48 Å². The monoisotopic (exact) mass is 374 g/mol. The van der Waals surface area contributed by atoms with E-state index in [1.807, 2.05) is 36.4 Å². The van der Waals surface area contributed by atoms with Crippen LogP contribution in [-0.2, 0) is 11.3 Å². The van der Waals surface area contributed by atoms with Gasteiger partial charge in [0.1, 0.15) is 17.3 Å². The number of para-hydroxylation sites is 1. The van der Waals surface area contributed by atoms with E-state index in [-0.39, 0.29) is 6.61 Å². The second-order valence-corrected chi connectivity index (χ2v) is 6.45. The summed E-state index contributed by atoms with van der Waals surface area (Å²) in [4.78, 5) is 16.3. The largest absolute Gasteiger partial charge is 0.443 e. The zero-order valence-electron chi connectivity index (χ0n) is 13.3. The molecule has 0 atom stereocenters. The molecule has 0 saturated heterocycles. The van der Waals surface area contributed by atoms with Crippen molar-refractivity contribution in [1.29, 1.82) is 0 Å². The van der Waals surface area contributed by atoms with Crippen molar-refractivity contribution in [2.75, 3.05) is 7.05 Å². The Morgan fingerprint density at radius 3 is 2.76 bits per heavy atom. The minimum absolute atomic E-state index is 0.0705. The first-order chi connectivity index (χ1) is 12.2. The van der Waals surface area contributed by atoms with Crippen LogP contribution in [0.5, 0.6) is 0 Å². The lowest BCUT2D eigenvalue weighted by Gasteiger charge is -2.08. The summed E-state index contributed by atoms with van der Waals surface area (Å²) in [5.41, 5.74) is 1.38. The second kappa shape index (κ2) is 8.04. The van der Waals surface area contributed by atoms with Gasteiger partial charge in [-0.2, -0.15) is 5.10 Å². The van der Waals surface area contributed by atoms with E-state index in [4.69, 9.17) is 16.3 Å². The van der Waals surface area contributed by atoms with Crippen LogP contribution >= 0.6 is 23.4 Å². The van der Waals surface area contributed by atoms with E-state index >= 15 is 0 Å². The number of amides is 1. The molecular formula is C17H15ClN4O2S. The maximum Gasteiger partial charge on any atom is 0.407 e. The maximum absolute atomic E-state index is 11.3. The van der Waals surface area contributed by atoms with Crippen molar-refractivity contribution in [3.05, 3.63) is 65.6 Å². The van der Waals surface area contributed by atoms with Crippen LogP contribution in [0, 0.1) is 0 Å². The third-order valence-corrected chi connectivity index (χ3v) is 4.56. The Morgan fingerprint density at radius 1 is 1.28 bits per heavy atom. The number of nitrogens with one attached hydrogen (secondary N) is 1. The van der Waals surface area contributed by atoms with Gasteiger partial charge in [0.2, 0.25) is 0 Å². The number of halogens is 1. The quantitative estimate of drug-likeness (QED) is 0.732. The molecule has 0 aliphatic heterocycles. The summed E-state index contributed by atoms with van der Waals surface area (Å²) in [7, 11) is 1.51. The van der Waals surface area contributed by atoms with Crippen molar-refractivity contribution in [1.82, 2.24) is 20.1 Å². The molecule has 0 radical (unpaired) electrons. The molecule has 0 saturated carbocycles. The van der Waals surface area contributed by atoms with Gasteiger partial charge in [-0.3, -0.25) is 4.98 Å². The number of benzene rings is 1. The zero-order valence-corrected chi connectivity index (χ0v) is 14.9. The van der Waals surface area contributed by atoms with Gasteiger partial charge >= 0.3 is 6.09 Å². The predicted molar refractivity (Wildman–Crippen MR) is 96.2 cm³/mol. The van der Waals surface area contributed by atoms with Gasteiger partial charge in [0.25, 0.3) is 0 Å². The Hall–Kier alpha value is -2.51. The summed E-state index contributed by atoms with van der Waals surface area (Å²) in [6.07, 6.45) is 2.96. The van der Waals surface area contributed by atoms with Gasteiger partial charge in [-0.15, -0.1) is 0 Å². The van der Waals surface area contributed by atoms with Gasteiger partial charge in [0, 0.05) is 24.3 Å². The number of carbonyl (C=O) groups is 1. The summed E-state index contributed by atoms with van der Waals surface area (Å²) >= 11 is 7.84. The molecule has 2 aromatic heterocycles. The summed E-state index contributed by atoms with van der Waals surface area (Å²) in [6.45, 7) is 0.0705. The first-order valence-corrected chi connectivity index (χ1v) is 8.63. The molecule has 3 aromatic rings. The topological polar surface area (TPSA) is 69.0 Å². The first-order valence-electron chi connectivity index (χ1n) is 7.43. The highest BCUT2D eigenvalue weighted by molar-refractivity contribution is 7.99. The van der Waals surface area contributed by atoms with Crippen LogP contribution in [0.25, 0.3) is 5.69 Å². The summed E-state index contributed by atoms with van der Waals surface area (Å²) in [5.74, 6) is 0. The predicted octanol–water partition coefficient (Wildman–Crippen LogP) is 3.93. The summed E-state index contributed by atoms with van der Waals surface area (Å²) < 4.78 is 6.83. The van der Waals surface area contributed by atoms with E-state index in [2.05, 4.69) is 15.4 Å². The number of aromatic nitrogens is 3. The van der Waals surface area contributed by atoms with Crippen molar-refractivity contribution in [2.45, 2.75) is 16.5 Å². The molecule has 1 N–H and O–H groups in total. The third kappa shape index (κ3) is 4.32. The number of alkyl carbamates (subject to hydrolysis) is 1. The van der Waals surface area contributed by atoms with Crippen molar-refractivity contribution in [3.63, 3.8) is 0 Å². The molecule has 0 fully saturated rings. The molecule has 0 aliphatic rings. The van der Waals surface area contributed by atoms with E-state index in [9.17, 15) is 4.79 Å². The molecule has 3 rings (SSSR count). The second-order valence-electron chi connectivity index (χ2n) is 4.95. The number of hydrogen-bond donors (Lipinski definition) is 1. The lowest BCUT2D eigenvalue weighted by Crippen LogP contribution is -2.19. The van der Waals surface area contributed by atoms with Gasteiger partial charge in [0.05, 0.1) is 10.7 Å². The lowest BCUT2D eigenvalue weighted by atomic mass is 10.3. The number of pyridine rings is 1. The Morgan fingerprint density at radius 2 is 2.04 bits per heavy atom. The normalized spacial score (nSPS) is 10.5. The van der Waals surface area contributed by atoms with Crippen LogP contribution < -0.4 is 5.32 Å². The van der Waals surface area contributed by atoms with Gasteiger partial charge < -0.3 is 10.1 Å². The number of rotatable bonds is 5. The molecule has 6 nitrogen and oxygen atoms in total. The van der Waals surface area contributed by atoms with Crippen LogP contribution in [0.2, 0.25) is 5.02 Å². The molecule has 0 spiro atoms. The number of hydrogen-bond acceptors (Lipinski definition) is 5. The van der Waals surface area contributed by atoms with Crippen LogP contribution in [-0.4, -0.2) is 27.9 Å². The minimum atomic E-state index is -0.504. The first kappa shape index (κ1) is 17.3. The van der Waals surface area contributed by atoms with E-state index in [1.165, 1.54) is 18.8 Å². The van der Waals surface area contributed by atoms with E-state index < -0.39 is 6.09 Å². The summed E-state index contributed by atoms with van der Waals surface area (Å²) in [6, 6.07) is 13.1. The average molecular weight is 375 g/mol. The van der Waals surface area contributed by atoms with Crippen LogP contribution in [0.3, 0.4) is 0 Å². The van der Waals surface area contributed by atoms with Crippen LogP contribution in [0.1, 0.15) is 5.69 Å². The molecule has 25 heavy (non-hydrogen) atoms. The van der Waals surface area contributed by atoms with Gasteiger partial charge in [0.15, 0.2) is 0 Å². The standard InChI is InChI=1S/C17H15ClN4O2S/c1-19-17(23)24-11-12-10-16(25-13-6-8-20-9-7-13)22(21-12)15-5-3-2-4-14(15)18/h2-10H,11H2,1H3,(H,19,23). The molecular weight excluding hydrogens is 360 g/mol. The van der Waals surface area contributed by atoms with Crippen molar-refractivity contribution in [3.8, 4) is 5.69 Å². The Labute approximate surface area is 154 Å². The Balaban J connectivity index is 1.94. The molecule has 8 heteroatoms. The average Bonchev–Trinajstić information content (AvgIpc) is 3.03. The Bertz CT molecular complexity index is 870. The SMILES string of the molecule is CNC(=O)OCc1cc(Sc2ccncc2)n(-c2ccccc2Cl)n1. The number of carbonyl (C=O) groups excluding carboxylic acids is 1. The van der Waals surface area contributed by atoms with Crippen molar-refractivity contribution < 1.29 is 9.53 Å². The van der Waals surface area contributed by atoms with Crippen LogP contribution in [0.15, 0.2) is 64.8 Å². The van der Waals surface area contributed by atoms with Crippen molar-refractivity contribution in [2.24, 2.45) is 0 Å². The smallest absolute Gasteiger partial charge is 0.407 e. The number of ether oxygens (including phenoxy) is 1. The molecule has 1 aromatic carbocycles. The zero-order chi connectivity index (χ0) is 17.6. The molecule has 2 heterocycles. The minimum Gasteiger partial charge on any atom is -0.443 e. The molecule has 0 aliphatic carbocycles. The number of nitrogens with zero attached hydrogens (tertiary/aromatic N) is 3. The lowest BCUT2D eigenvalue weighted by molar-refractivity contribution is 0.140. The molecule has 0 unspecified atom stereocenters. The highest BCUT2D eigenvalue weighted by Crippen LogP contribution is 2.32. The Kier molecular flexibility index (Phi) is 5.57. The highest BCUT2D eigenvalue weighted by atomic mass is 35.5. The fraction of sp³-hybridized carbons (Fsp3) is 0.118. The summed E-state index contributed by atoms with van der Waals surface area (Å²) in [5, 5.41) is 8.38. The fourth-order valence-electron chi connectivity index (χ4n) is 2.09. The van der Waals surface area contributed by atoms with Gasteiger partial charge in [-0.05, 0) is 30.3 Å². The van der Waals surface area contributed by atoms with E-state index in [1.54, 1.807) is 23.1 Å². The van der Waals surface area contributed by atoms with Gasteiger partial charge in [-0.1, -0.05) is 35.5 Å². The van der Waals surface area contributed by atoms with Crippen molar-refractivity contribution >= 4 is 29.5 Å². The molecule has 128 valence electrons. The van der Waals surface area contributed by atoms with Crippen LogP contribution in [0.4, 0.5) is 4.79 Å². The molecule has 1 amide bonds. The maximum atomic E-state index is 11.3. The highest BCUT2D eigenvalue weighted by Gasteiger charge is 2.14.